The van der Waals surface area contributed by atoms with Crippen LogP contribution in [-0.4, -0.2) is 73.2 Å². The summed E-state index contributed by atoms with van der Waals surface area (Å²) >= 11 is 0. The summed E-state index contributed by atoms with van der Waals surface area (Å²) in [7, 11) is 2.44. The maximum absolute atomic E-state index is 13.5. The first kappa shape index (κ1) is 36.9. The predicted molar refractivity (Wildman–Crippen MR) is 174 cm³/mol. The van der Waals surface area contributed by atoms with Gasteiger partial charge in [0, 0.05) is 19.4 Å². The van der Waals surface area contributed by atoms with Crippen molar-refractivity contribution < 1.29 is 67.1 Å². The van der Waals surface area contributed by atoms with Gasteiger partial charge in [0.25, 0.3) is 11.8 Å². The van der Waals surface area contributed by atoms with E-state index < -0.39 is 53.9 Å². The van der Waals surface area contributed by atoms with E-state index in [0.29, 0.717) is 10.8 Å². The van der Waals surface area contributed by atoms with Crippen LogP contribution in [0.15, 0.2) is 78.9 Å². The number of ether oxygens (including phenoxy) is 6. The van der Waals surface area contributed by atoms with Gasteiger partial charge in [0.1, 0.15) is 0 Å². The van der Waals surface area contributed by atoms with Gasteiger partial charge in [0.05, 0.1) is 25.3 Å². The molecule has 264 valence electrons. The van der Waals surface area contributed by atoms with Crippen LogP contribution in [0, 0.1) is 0 Å². The van der Waals surface area contributed by atoms with Gasteiger partial charge in [-0.2, -0.15) is 0 Å². The van der Waals surface area contributed by atoms with Gasteiger partial charge >= 0.3 is 29.8 Å². The molecule has 51 heavy (non-hydrogen) atoms. The zero-order valence-corrected chi connectivity index (χ0v) is 27.4. The van der Waals surface area contributed by atoms with Crippen LogP contribution >= 0.6 is 0 Å². The number of aliphatic carboxylic acids is 1. The van der Waals surface area contributed by atoms with Crippen LogP contribution < -0.4 is 29.8 Å². The monoisotopic (exact) mass is 702 g/mol. The van der Waals surface area contributed by atoms with Gasteiger partial charge in [0.15, 0.2) is 23.0 Å². The molecule has 4 aromatic carbocycles. The number of fused-ring (bicyclic) bond motifs is 1. The highest BCUT2D eigenvalue weighted by Crippen LogP contribution is 2.30. The molecular formula is C35H30N2O14. The molecule has 0 saturated heterocycles. The molecule has 0 fully saturated rings. The van der Waals surface area contributed by atoms with Crippen LogP contribution in [0.3, 0.4) is 0 Å². The largest absolute Gasteiger partial charge is 0.493 e. The van der Waals surface area contributed by atoms with E-state index in [1.807, 2.05) is 5.43 Å². The summed E-state index contributed by atoms with van der Waals surface area (Å²) in [5.41, 5.74) is 3.74. The normalized spacial score (nSPS) is 11.6. The number of hydrazine groups is 1. The standard InChI is InChI=1S/C35H30N2O14/c1-18(38)48-25-14-12-21(16-27(25)46-3)34(44)50-29(32(41)37-36-31(40)24-11-7-9-20-8-5-6-10-23(20)24)30(33(42)43)51-35(45)22-13-15-26(49-19(2)39)28(17-22)47-4/h5-17,29-30H,1-4H3,(H,36,40)(H,37,41)(H,42,43)/t29-,30+/m0/s1. The molecular weight excluding hydrogens is 672 g/mol. The van der Waals surface area contributed by atoms with Crippen molar-refractivity contribution in [3.8, 4) is 23.0 Å². The number of methoxy groups -OCH3 is 2. The van der Waals surface area contributed by atoms with E-state index in [4.69, 9.17) is 28.4 Å². The molecule has 2 amide bonds. The van der Waals surface area contributed by atoms with E-state index in [1.54, 1.807) is 36.4 Å². The Morgan fingerprint density at radius 3 is 1.63 bits per heavy atom. The number of carboxylic acids is 1. The molecule has 4 rings (SSSR count). The number of esters is 4. The van der Waals surface area contributed by atoms with Crippen LogP contribution in [0.2, 0.25) is 0 Å². The third kappa shape index (κ3) is 9.14. The molecule has 0 radical (unpaired) electrons. The Kier molecular flexibility index (Phi) is 11.9. The fraction of sp³-hybridized carbons (Fsp3) is 0.171. The van der Waals surface area contributed by atoms with Crippen molar-refractivity contribution in [3.63, 3.8) is 0 Å². The van der Waals surface area contributed by atoms with Crippen molar-refractivity contribution >= 4 is 52.4 Å². The first-order valence-electron chi connectivity index (χ1n) is 14.8. The average molecular weight is 703 g/mol. The number of carboxylic acid groups (broad SMARTS) is 1. The third-order valence-electron chi connectivity index (χ3n) is 6.88. The van der Waals surface area contributed by atoms with Gasteiger partial charge in [-0.05, 0) is 53.2 Å². The molecule has 0 unspecified atom stereocenters. The number of carbonyl (C=O) groups excluding carboxylic acids is 6. The van der Waals surface area contributed by atoms with Crippen LogP contribution in [0.5, 0.6) is 23.0 Å². The minimum absolute atomic E-state index is 0.0559. The van der Waals surface area contributed by atoms with Gasteiger partial charge < -0.3 is 33.5 Å². The number of hydrogen-bond acceptors (Lipinski definition) is 13. The lowest BCUT2D eigenvalue weighted by atomic mass is 10.0. The lowest BCUT2D eigenvalue weighted by molar-refractivity contribution is -0.159. The van der Waals surface area contributed by atoms with Gasteiger partial charge in [-0.15, -0.1) is 0 Å². The van der Waals surface area contributed by atoms with E-state index in [1.165, 1.54) is 32.4 Å². The molecule has 0 aliphatic rings. The van der Waals surface area contributed by atoms with E-state index in [-0.39, 0.29) is 39.7 Å². The number of benzene rings is 4. The number of hydrogen-bond donors (Lipinski definition) is 3. The predicted octanol–water partition coefficient (Wildman–Crippen LogP) is 3.00. The number of carbonyl (C=O) groups is 7. The Morgan fingerprint density at radius 2 is 1.12 bits per heavy atom. The van der Waals surface area contributed by atoms with Gasteiger partial charge in [-0.25, -0.2) is 14.4 Å². The first-order valence-corrected chi connectivity index (χ1v) is 14.8. The average Bonchev–Trinajstić information content (AvgIpc) is 3.11. The van der Waals surface area contributed by atoms with Crippen molar-refractivity contribution in [2.45, 2.75) is 26.1 Å². The summed E-state index contributed by atoms with van der Waals surface area (Å²) in [6.45, 7) is 2.28. The fourth-order valence-electron chi connectivity index (χ4n) is 4.61. The number of nitrogens with one attached hydrogen (secondary N) is 2. The van der Waals surface area contributed by atoms with Gasteiger partial charge in [-0.1, -0.05) is 36.4 Å². The second-order valence-electron chi connectivity index (χ2n) is 10.4. The summed E-state index contributed by atoms with van der Waals surface area (Å²) in [5, 5.41) is 11.4. The molecule has 4 aromatic rings. The zero-order chi connectivity index (χ0) is 37.2. The Balaban J connectivity index is 1.65. The lowest BCUT2D eigenvalue weighted by Crippen LogP contribution is -2.54. The topological polar surface area (TPSA) is 219 Å². The molecule has 16 heteroatoms. The second kappa shape index (κ2) is 16.4. The van der Waals surface area contributed by atoms with Crippen LogP contribution in [-0.2, 0) is 28.7 Å². The van der Waals surface area contributed by atoms with Crippen LogP contribution in [0.4, 0.5) is 0 Å². The Morgan fingerprint density at radius 1 is 0.608 bits per heavy atom. The summed E-state index contributed by atoms with van der Waals surface area (Å²) < 4.78 is 30.7. The highest BCUT2D eigenvalue weighted by molar-refractivity contribution is 6.07. The molecule has 16 nitrogen and oxygen atoms in total. The smallest absolute Gasteiger partial charge is 0.349 e. The highest BCUT2D eigenvalue weighted by atomic mass is 16.6. The third-order valence-corrected chi connectivity index (χ3v) is 6.88. The number of amides is 2. The lowest BCUT2D eigenvalue weighted by Gasteiger charge is -2.24. The van der Waals surface area contributed by atoms with Crippen molar-refractivity contribution in [2.75, 3.05) is 14.2 Å². The van der Waals surface area contributed by atoms with Gasteiger partial charge in [-0.3, -0.25) is 30.0 Å². The van der Waals surface area contributed by atoms with E-state index >= 15 is 0 Å². The van der Waals surface area contributed by atoms with Crippen molar-refractivity contribution in [2.24, 2.45) is 0 Å². The summed E-state index contributed by atoms with van der Waals surface area (Å²) in [6, 6.07) is 18.6. The minimum atomic E-state index is -2.49. The molecule has 0 heterocycles. The van der Waals surface area contributed by atoms with Crippen molar-refractivity contribution in [3.05, 3.63) is 95.6 Å². The van der Waals surface area contributed by atoms with Crippen LogP contribution in [0.1, 0.15) is 44.9 Å². The molecule has 0 bridgehead atoms. The van der Waals surface area contributed by atoms with E-state index in [9.17, 15) is 38.7 Å². The molecule has 0 aromatic heterocycles. The Labute approximate surface area is 289 Å². The Bertz CT molecular complexity index is 2020. The molecule has 0 aliphatic heterocycles. The highest BCUT2D eigenvalue weighted by Gasteiger charge is 2.41. The molecule has 0 spiro atoms. The SMILES string of the molecule is COc1cc(C(=O)O[C@H](C(=O)NNC(=O)c2cccc3ccccc23)[C@@H](OC(=O)c2ccc(OC(C)=O)c(OC)c2)C(=O)O)ccc1OC(C)=O. The molecule has 0 aliphatic carbocycles. The van der Waals surface area contributed by atoms with E-state index in [0.717, 1.165) is 38.1 Å². The fourth-order valence-corrected chi connectivity index (χ4v) is 4.61. The maximum atomic E-state index is 13.5. The molecule has 3 N–H and O–H groups in total. The maximum Gasteiger partial charge on any atom is 0.349 e. The van der Waals surface area contributed by atoms with Crippen molar-refractivity contribution in [1.29, 1.82) is 0 Å². The number of rotatable bonds is 12. The van der Waals surface area contributed by atoms with E-state index in [2.05, 4.69) is 5.43 Å². The van der Waals surface area contributed by atoms with Gasteiger partial charge in [0.2, 0.25) is 12.2 Å². The first-order chi connectivity index (χ1) is 24.3. The minimum Gasteiger partial charge on any atom is -0.493 e. The second-order valence-corrected chi connectivity index (χ2v) is 10.4. The summed E-state index contributed by atoms with van der Waals surface area (Å²) in [5.74, 6) is -8.38. The quantitative estimate of drug-likeness (QED) is 0.110. The summed E-state index contributed by atoms with van der Waals surface area (Å²) in [6.07, 6.45) is -4.90. The molecule has 0 saturated carbocycles. The van der Waals surface area contributed by atoms with Crippen molar-refractivity contribution in [1.82, 2.24) is 10.9 Å². The Hall–Kier alpha value is -6.97. The summed E-state index contributed by atoms with van der Waals surface area (Å²) in [4.78, 5) is 88.5. The van der Waals surface area contributed by atoms with Crippen LogP contribution in [0.25, 0.3) is 10.8 Å². The molecule has 2 atom stereocenters. The zero-order valence-electron chi connectivity index (χ0n) is 27.4.